The molecule has 3 nitrogen and oxygen atoms in total. The van der Waals surface area contributed by atoms with Crippen LogP contribution in [0.25, 0.3) is 6.08 Å². The number of hydrogen-bond donors (Lipinski definition) is 2. The molecular weight excluding hydrogens is 281 g/mol. The number of phenols is 1. The van der Waals surface area contributed by atoms with Crippen LogP contribution in [-0.2, 0) is 4.79 Å². The molecule has 2 aromatic rings. The Kier molecular flexibility index (Phi) is 4.38. The molecule has 2 N–H and O–H groups in total. The van der Waals surface area contributed by atoms with E-state index in [1.165, 1.54) is 18.2 Å². The van der Waals surface area contributed by atoms with E-state index >= 15 is 0 Å². The van der Waals surface area contributed by atoms with Crippen molar-refractivity contribution in [3.8, 4) is 5.75 Å². The van der Waals surface area contributed by atoms with Crippen LogP contribution in [0.3, 0.4) is 0 Å². The number of carbonyl (C=O) groups excluding carboxylic acids is 1. The Morgan fingerprint density at radius 3 is 2.55 bits per heavy atom. The molecule has 0 aromatic heterocycles. The minimum Gasteiger partial charge on any atom is -0.505 e. The van der Waals surface area contributed by atoms with Crippen LogP contribution in [0.5, 0.6) is 5.75 Å². The van der Waals surface area contributed by atoms with Gasteiger partial charge in [0.1, 0.15) is 0 Å². The number of anilines is 1. The summed E-state index contributed by atoms with van der Waals surface area (Å²) in [6, 6.07) is 10.6. The van der Waals surface area contributed by atoms with Gasteiger partial charge >= 0.3 is 0 Å². The first kappa shape index (κ1) is 14.1. The summed E-state index contributed by atoms with van der Waals surface area (Å²) in [4.78, 5) is 11.6. The zero-order chi connectivity index (χ0) is 14.5. The minimum atomic E-state index is -0.788. The molecule has 1 amide bonds. The van der Waals surface area contributed by atoms with Gasteiger partial charge in [0, 0.05) is 22.9 Å². The lowest BCUT2D eigenvalue weighted by molar-refractivity contribution is -0.111. The monoisotopic (exact) mass is 291 g/mol. The van der Waals surface area contributed by atoms with Gasteiger partial charge in [0.25, 0.3) is 0 Å². The standard InChI is InChI=1S/C15H11ClFNO2/c16-11-4-1-10(2-5-11)3-8-15(20)18-12-6-7-14(19)13(17)9-12/h1-9,19H,(H,18,20). The molecule has 0 fully saturated rings. The van der Waals surface area contributed by atoms with Gasteiger partial charge in [-0.05, 0) is 35.9 Å². The highest BCUT2D eigenvalue weighted by molar-refractivity contribution is 6.30. The number of aromatic hydroxyl groups is 1. The van der Waals surface area contributed by atoms with E-state index in [0.717, 1.165) is 11.6 Å². The molecule has 0 unspecified atom stereocenters. The number of rotatable bonds is 3. The third-order valence-electron chi connectivity index (χ3n) is 2.51. The number of benzene rings is 2. The Labute approximate surface area is 120 Å². The van der Waals surface area contributed by atoms with E-state index in [2.05, 4.69) is 5.32 Å². The van der Waals surface area contributed by atoms with E-state index in [1.807, 2.05) is 0 Å². The first-order valence-corrected chi connectivity index (χ1v) is 6.15. The van der Waals surface area contributed by atoms with E-state index in [4.69, 9.17) is 16.7 Å². The number of carbonyl (C=O) groups is 1. The lowest BCUT2D eigenvalue weighted by Crippen LogP contribution is -2.07. The molecule has 102 valence electrons. The van der Waals surface area contributed by atoms with E-state index in [9.17, 15) is 9.18 Å². The third kappa shape index (κ3) is 3.83. The maximum atomic E-state index is 13.1. The summed E-state index contributed by atoms with van der Waals surface area (Å²) >= 11 is 5.75. The smallest absolute Gasteiger partial charge is 0.248 e. The van der Waals surface area contributed by atoms with Gasteiger partial charge in [-0.2, -0.15) is 0 Å². The highest BCUT2D eigenvalue weighted by Crippen LogP contribution is 2.19. The van der Waals surface area contributed by atoms with Crippen molar-refractivity contribution in [3.05, 3.63) is 64.9 Å². The number of phenolic OH excluding ortho intramolecular Hbond substituents is 1. The Hall–Kier alpha value is -2.33. The second-order valence-electron chi connectivity index (χ2n) is 4.04. The summed E-state index contributed by atoms with van der Waals surface area (Å²) < 4.78 is 13.1. The summed E-state index contributed by atoms with van der Waals surface area (Å²) in [5, 5.41) is 12.1. The Morgan fingerprint density at radius 2 is 1.90 bits per heavy atom. The molecule has 5 heteroatoms. The van der Waals surface area contributed by atoms with E-state index < -0.39 is 17.5 Å². The first-order valence-electron chi connectivity index (χ1n) is 5.78. The van der Waals surface area contributed by atoms with Gasteiger partial charge in [-0.1, -0.05) is 23.7 Å². The van der Waals surface area contributed by atoms with Gasteiger partial charge in [-0.3, -0.25) is 4.79 Å². The van der Waals surface area contributed by atoms with Gasteiger partial charge < -0.3 is 10.4 Å². The SMILES string of the molecule is O=C(C=Cc1ccc(Cl)cc1)Nc1ccc(O)c(F)c1. The second-order valence-corrected chi connectivity index (χ2v) is 4.48. The highest BCUT2D eigenvalue weighted by atomic mass is 35.5. The highest BCUT2D eigenvalue weighted by Gasteiger charge is 2.03. The van der Waals surface area contributed by atoms with Crippen molar-refractivity contribution in [2.45, 2.75) is 0 Å². The molecule has 0 aliphatic heterocycles. The normalized spacial score (nSPS) is 10.7. The Bertz CT molecular complexity index is 653. The van der Waals surface area contributed by atoms with E-state index in [-0.39, 0.29) is 5.69 Å². The maximum Gasteiger partial charge on any atom is 0.248 e. The van der Waals surface area contributed by atoms with Gasteiger partial charge in [0.2, 0.25) is 5.91 Å². The molecule has 0 saturated carbocycles. The summed E-state index contributed by atoms with van der Waals surface area (Å²) in [6.45, 7) is 0. The van der Waals surface area contributed by atoms with E-state index in [1.54, 1.807) is 30.3 Å². The molecule has 0 radical (unpaired) electrons. The molecule has 2 aromatic carbocycles. The van der Waals surface area contributed by atoms with Crippen LogP contribution >= 0.6 is 11.6 Å². The lowest BCUT2D eigenvalue weighted by Gasteiger charge is -2.03. The molecule has 2 rings (SSSR count). The van der Waals surface area contributed by atoms with Crippen molar-refractivity contribution >= 4 is 29.3 Å². The third-order valence-corrected chi connectivity index (χ3v) is 2.76. The molecule has 0 saturated heterocycles. The zero-order valence-electron chi connectivity index (χ0n) is 10.3. The predicted molar refractivity (Wildman–Crippen MR) is 77.2 cm³/mol. The van der Waals surface area contributed by atoms with Crippen molar-refractivity contribution in [3.63, 3.8) is 0 Å². The predicted octanol–water partition coefficient (Wildman–Crippen LogP) is 3.84. The van der Waals surface area contributed by atoms with Crippen molar-refractivity contribution in [2.75, 3.05) is 5.32 Å². The fraction of sp³-hybridized carbons (Fsp3) is 0. The van der Waals surface area contributed by atoms with Gasteiger partial charge in [0.05, 0.1) is 0 Å². The van der Waals surface area contributed by atoms with Gasteiger partial charge in [-0.15, -0.1) is 0 Å². The largest absolute Gasteiger partial charge is 0.505 e. The fourth-order valence-electron chi connectivity index (χ4n) is 1.51. The minimum absolute atomic E-state index is 0.269. The molecule has 20 heavy (non-hydrogen) atoms. The molecule has 0 atom stereocenters. The van der Waals surface area contributed by atoms with Crippen LogP contribution in [-0.4, -0.2) is 11.0 Å². The molecule has 0 bridgehead atoms. The average Bonchev–Trinajstić information content (AvgIpc) is 2.42. The molecule has 0 spiro atoms. The van der Waals surface area contributed by atoms with Crippen LogP contribution in [0.4, 0.5) is 10.1 Å². The zero-order valence-corrected chi connectivity index (χ0v) is 11.1. The summed E-state index contributed by atoms with van der Waals surface area (Å²) in [5.41, 5.74) is 1.09. The summed E-state index contributed by atoms with van der Waals surface area (Å²) in [5.74, 6) is -1.64. The van der Waals surface area contributed by atoms with Crippen LogP contribution in [0.1, 0.15) is 5.56 Å². The summed E-state index contributed by atoms with van der Waals surface area (Å²) in [7, 11) is 0. The van der Waals surface area contributed by atoms with Crippen LogP contribution in [0, 0.1) is 5.82 Å². The Morgan fingerprint density at radius 1 is 1.20 bits per heavy atom. The molecule has 0 aliphatic carbocycles. The van der Waals surface area contributed by atoms with Gasteiger partial charge in [-0.25, -0.2) is 4.39 Å². The van der Waals surface area contributed by atoms with Crippen molar-refractivity contribution in [1.29, 1.82) is 0 Å². The summed E-state index contributed by atoms with van der Waals surface area (Å²) in [6.07, 6.45) is 2.94. The molecular formula is C15H11ClFNO2. The number of nitrogens with one attached hydrogen (secondary N) is 1. The van der Waals surface area contributed by atoms with Crippen LogP contribution in [0.2, 0.25) is 5.02 Å². The number of hydrogen-bond acceptors (Lipinski definition) is 2. The maximum absolute atomic E-state index is 13.1. The average molecular weight is 292 g/mol. The topological polar surface area (TPSA) is 49.3 Å². The van der Waals surface area contributed by atoms with Crippen LogP contribution in [0.15, 0.2) is 48.5 Å². The first-order chi connectivity index (χ1) is 9.54. The van der Waals surface area contributed by atoms with Crippen LogP contribution < -0.4 is 5.32 Å². The molecule has 0 heterocycles. The Balaban J connectivity index is 2.01. The number of halogens is 2. The van der Waals surface area contributed by atoms with Gasteiger partial charge in [0.15, 0.2) is 11.6 Å². The van der Waals surface area contributed by atoms with Crippen molar-refractivity contribution < 1.29 is 14.3 Å². The quantitative estimate of drug-likeness (QED) is 0.667. The van der Waals surface area contributed by atoms with Crippen molar-refractivity contribution in [1.82, 2.24) is 0 Å². The molecule has 0 aliphatic rings. The van der Waals surface area contributed by atoms with E-state index in [0.29, 0.717) is 5.02 Å². The van der Waals surface area contributed by atoms with Crippen molar-refractivity contribution in [2.24, 2.45) is 0 Å². The fourth-order valence-corrected chi connectivity index (χ4v) is 1.64. The lowest BCUT2D eigenvalue weighted by atomic mass is 10.2. The number of amides is 1. The second kappa shape index (κ2) is 6.21.